The van der Waals surface area contributed by atoms with Crippen molar-refractivity contribution in [3.8, 4) is 0 Å². The van der Waals surface area contributed by atoms with E-state index < -0.39 is 0 Å². The molecule has 0 atom stereocenters. The van der Waals surface area contributed by atoms with E-state index in [1.807, 2.05) is 13.0 Å². The molecule has 0 amide bonds. The van der Waals surface area contributed by atoms with E-state index in [-0.39, 0.29) is 0 Å². The van der Waals surface area contributed by atoms with Gasteiger partial charge in [-0.25, -0.2) is 0 Å². The van der Waals surface area contributed by atoms with E-state index in [0.29, 0.717) is 0 Å². The predicted octanol–water partition coefficient (Wildman–Crippen LogP) is 4.04. The van der Waals surface area contributed by atoms with Gasteiger partial charge in [0.2, 0.25) is 0 Å². The highest BCUT2D eigenvalue weighted by Crippen LogP contribution is 2.27. The number of hydrogen-bond acceptors (Lipinski definition) is 4. The Balaban J connectivity index is 1.56. The minimum absolute atomic E-state index is 1.02. The summed E-state index contributed by atoms with van der Waals surface area (Å²) in [5.41, 5.74) is 5.56. The highest BCUT2D eigenvalue weighted by Gasteiger charge is 2.14. The Morgan fingerprint density at radius 3 is 2.40 bits per heavy atom. The smallest absolute Gasteiger partial charge is 0.0726 e. The first-order valence-corrected chi connectivity index (χ1v) is 8.86. The summed E-state index contributed by atoms with van der Waals surface area (Å²) < 4.78 is 0. The zero-order chi connectivity index (χ0) is 17.2. The highest BCUT2D eigenvalue weighted by atomic mass is 15.2. The topological polar surface area (TPSA) is 31.4 Å². The summed E-state index contributed by atoms with van der Waals surface area (Å²) in [5.74, 6) is 0. The van der Waals surface area contributed by atoms with Crippen LogP contribution in [0.2, 0.25) is 0 Å². The lowest BCUT2D eigenvalue weighted by Crippen LogP contribution is -2.44. The second-order valence-electron chi connectivity index (χ2n) is 6.79. The third-order valence-corrected chi connectivity index (χ3v) is 4.86. The monoisotopic (exact) mass is 332 g/mol. The van der Waals surface area contributed by atoms with Gasteiger partial charge in [0.1, 0.15) is 0 Å². The van der Waals surface area contributed by atoms with Gasteiger partial charge in [0.25, 0.3) is 0 Å². The number of para-hydroxylation sites is 1. The molecule has 4 nitrogen and oxygen atoms in total. The van der Waals surface area contributed by atoms with Crippen LogP contribution in [0.1, 0.15) is 5.69 Å². The molecule has 1 N–H and O–H groups in total. The molecule has 1 aliphatic rings. The van der Waals surface area contributed by atoms with Gasteiger partial charge in [-0.3, -0.25) is 4.98 Å². The van der Waals surface area contributed by atoms with Gasteiger partial charge in [-0.05, 0) is 50.4 Å². The van der Waals surface area contributed by atoms with Crippen LogP contribution in [0.25, 0.3) is 10.9 Å². The SMILES string of the molecule is Cc1cc(Nc2ccc(N3CCN(C)CC3)cc2)c2ccccc2n1. The maximum Gasteiger partial charge on any atom is 0.0726 e. The zero-order valence-corrected chi connectivity index (χ0v) is 14.9. The number of aromatic nitrogens is 1. The van der Waals surface area contributed by atoms with Crippen LogP contribution < -0.4 is 10.2 Å². The first-order valence-electron chi connectivity index (χ1n) is 8.86. The van der Waals surface area contributed by atoms with Crippen LogP contribution in [-0.4, -0.2) is 43.1 Å². The minimum atomic E-state index is 1.02. The van der Waals surface area contributed by atoms with Crippen molar-refractivity contribution < 1.29 is 0 Å². The summed E-state index contributed by atoms with van der Waals surface area (Å²) in [6.45, 7) is 6.48. The maximum absolute atomic E-state index is 4.61. The van der Waals surface area contributed by atoms with E-state index in [4.69, 9.17) is 0 Å². The molecule has 4 rings (SSSR count). The molecule has 25 heavy (non-hydrogen) atoms. The molecule has 0 bridgehead atoms. The lowest BCUT2D eigenvalue weighted by molar-refractivity contribution is 0.313. The number of nitrogens with zero attached hydrogens (tertiary/aromatic N) is 3. The Kier molecular flexibility index (Phi) is 4.28. The van der Waals surface area contributed by atoms with Crippen molar-refractivity contribution in [1.82, 2.24) is 9.88 Å². The molecule has 0 spiro atoms. The van der Waals surface area contributed by atoms with Crippen molar-refractivity contribution in [3.05, 3.63) is 60.3 Å². The third kappa shape index (κ3) is 3.44. The molecule has 2 heterocycles. The summed E-state index contributed by atoms with van der Waals surface area (Å²) >= 11 is 0. The van der Waals surface area contributed by atoms with E-state index in [1.165, 1.54) is 5.69 Å². The van der Waals surface area contributed by atoms with Crippen LogP contribution in [0.15, 0.2) is 54.6 Å². The van der Waals surface area contributed by atoms with Crippen molar-refractivity contribution in [2.24, 2.45) is 0 Å². The number of fused-ring (bicyclic) bond motifs is 1. The summed E-state index contributed by atoms with van der Waals surface area (Å²) in [6, 6.07) is 19.1. The van der Waals surface area contributed by atoms with E-state index in [0.717, 1.165) is 54.2 Å². The zero-order valence-electron chi connectivity index (χ0n) is 14.9. The molecule has 1 saturated heterocycles. The van der Waals surface area contributed by atoms with Gasteiger partial charge in [0, 0.05) is 54.3 Å². The minimum Gasteiger partial charge on any atom is -0.369 e. The summed E-state index contributed by atoms with van der Waals surface area (Å²) in [7, 11) is 2.19. The summed E-state index contributed by atoms with van der Waals surface area (Å²) in [6.07, 6.45) is 0. The van der Waals surface area contributed by atoms with Gasteiger partial charge in [-0.1, -0.05) is 18.2 Å². The van der Waals surface area contributed by atoms with Gasteiger partial charge in [0.05, 0.1) is 5.52 Å². The lowest BCUT2D eigenvalue weighted by Gasteiger charge is -2.34. The number of pyridine rings is 1. The van der Waals surface area contributed by atoms with Crippen LogP contribution in [-0.2, 0) is 0 Å². The molecular formula is C21H24N4. The van der Waals surface area contributed by atoms with Crippen molar-refractivity contribution in [2.45, 2.75) is 6.92 Å². The summed E-state index contributed by atoms with van der Waals surface area (Å²) in [5, 5.41) is 4.71. The highest BCUT2D eigenvalue weighted by molar-refractivity contribution is 5.93. The second kappa shape index (κ2) is 6.73. The Bertz CT molecular complexity index is 865. The molecule has 1 aromatic heterocycles. The Labute approximate surface area is 149 Å². The second-order valence-corrected chi connectivity index (χ2v) is 6.79. The van der Waals surface area contributed by atoms with Crippen LogP contribution in [0, 0.1) is 6.92 Å². The van der Waals surface area contributed by atoms with E-state index >= 15 is 0 Å². The van der Waals surface area contributed by atoms with E-state index in [1.54, 1.807) is 0 Å². The van der Waals surface area contributed by atoms with Gasteiger partial charge in [0.15, 0.2) is 0 Å². The molecule has 128 valence electrons. The van der Waals surface area contributed by atoms with Crippen molar-refractivity contribution in [2.75, 3.05) is 43.4 Å². The van der Waals surface area contributed by atoms with Crippen LogP contribution >= 0.6 is 0 Å². The Morgan fingerprint density at radius 1 is 0.920 bits per heavy atom. The quantitative estimate of drug-likeness (QED) is 0.784. The first kappa shape index (κ1) is 15.9. The average Bonchev–Trinajstić information content (AvgIpc) is 2.63. The number of aryl methyl sites for hydroxylation is 1. The Hall–Kier alpha value is -2.59. The van der Waals surface area contributed by atoms with Crippen LogP contribution in [0.5, 0.6) is 0 Å². The Morgan fingerprint density at radius 2 is 1.64 bits per heavy atom. The molecule has 1 fully saturated rings. The standard InChI is InChI=1S/C21H24N4/c1-16-15-21(19-5-3-4-6-20(19)22-16)23-17-7-9-18(10-8-17)25-13-11-24(2)12-14-25/h3-10,15H,11-14H2,1-2H3,(H,22,23). The normalized spacial score (nSPS) is 15.5. The van der Waals surface area contributed by atoms with Gasteiger partial charge in [-0.2, -0.15) is 0 Å². The molecule has 2 aromatic carbocycles. The molecule has 0 aliphatic carbocycles. The van der Waals surface area contributed by atoms with E-state index in [9.17, 15) is 0 Å². The van der Waals surface area contributed by atoms with Crippen molar-refractivity contribution in [1.29, 1.82) is 0 Å². The van der Waals surface area contributed by atoms with Crippen molar-refractivity contribution in [3.63, 3.8) is 0 Å². The number of anilines is 3. The average molecular weight is 332 g/mol. The number of hydrogen-bond donors (Lipinski definition) is 1. The number of benzene rings is 2. The first-order chi connectivity index (χ1) is 12.2. The maximum atomic E-state index is 4.61. The number of piperazine rings is 1. The molecule has 1 aliphatic heterocycles. The van der Waals surface area contributed by atoms with Crippen LogP contribution in [0.3, 0.4) is 0 Å². The molecule has 0 unspecified atom stereocenters. The fourth-order valence-electron chi connectivity index (χ4n) is 3.39. The fourth-order valence-corrected chi connectivity index (χ4v) is 3.39. The molecule has 0 saturated carbocycles. The van der Waals surface area contributed by atoms with E-state index in [2.05, 4.69) is 75.7 Å². The third-order valence-electron chi connectivity index (χ3n) is 4.86. The van der Waals surface area contributed by atoms with Gasteiger partial charge < -0.3 is 15.1 Å². The van der Waals surface area contributed by atoms with Crippen LogP contribution in [0.4, 0.5) is 17.1 Å². The van der Waals surface area contributed by atoms with Gasteiger partial charge >= 0.3 is 0 Å². The number of rotatable bonds is 3. The molecular weight excluding hydrogens is 308 g/mol. The van der Waals surface area contributed by atoms with Crippen molar-refractivity contribution >= 4 is 28.0 Å². The number of nitrogens with one attached hydrogen (secondary N) is 1. The lowest BCUT2D eigenvalue weighted by atomic mass is 10.1. The fraction of sp³-hybridized carbons (Fsp3) is 0.286. The molecule has 3 aromatic rings. The molecule has 4 heteroatoms. The predicted molar refractivity (Wildman–Crippen MR) is 106 cm³/mol. The van der Waals surface area contributed by atoms with Gasteiger partial charge in [-0.15, -0.1) is 0 Å². The molecule has 0 radical (unpaired) electrons. The summed E-state index contributed by atoms with van der Waals surface area (Å²) in [4.78, 5) is 9.44. The largest absolute Gasteiger partial charge is 0.369 e. The number of likely N-dealkylation sites (N-methyl/N-ethyl adjacent to an activating group) is 1.